The number of halogens is 2. The molecule has 1 saturated heterocycles. The Bertz CT molecular complexity index is 1500. The molecule has 1 amide bonds. The van der Waals surface area contributed by atoms with Crippen LogP contribution in [0, 0.1) is 11.6 Å². The molecule has 4 aromatic rings. The summed E-state index contributed by atoms with van der Waals surface area (Å²) in [7, 11) is 1.67. The zero-order valence-corrected chi connectivity index (χ0v) is 21.5. The zero-order valence-electron chi connectivity index (χ0n) is 21.5. The molecule has 5 rings (SSSR count). The second kappa shape index (κ2) is 11.6. The first-order chi connectivity index (χ1) is 19.0. The van der Waals surface area contributed by atoms with Gasteiger partial charge in [-0.15, -0.1) is 0 Å². The third kappa shape index (κ3) is 5.74. The summed E-state index contributed by atoms with van der Waals surface area (Å²) in [6.45, 7) is 7.64. The highest BCUT2D eigenvalue weighted by Gasteiger charge is 2.23. The van der Waals surface area contributed by atoms with Crippen LogP contribution < -0.4 is 15.5 Å². The van der Waals surface area contributed by atoms with E-state index in [1.165, 1.54) is 12.1 Å². The number of amides is 1. The van der Waals surface area contributed by atoms with E-state index in [1.807, 2.05) is 11.0 Å². The van der Waals surface area contributed by atoms with E-state index in [0.717, 1.165) is 25.2 Å². The van der Waals surface area contributed by atoms with Crippen molar-refractivity contribution in [2.75, 3.05) is 62.0 Å². The van der Waals surface area contributed by atoms with Crippen LogP contribution in [0.25, 0.3) is 16.9 Å². The maximum absolute atomic E-state index is 15.1. The van der Waals surface area contributed by atoms with Gasteiger partial charge in [0, 0.05) is 51.1 Å². The van der Waals surface area contributed by atoms with Crippen molar-refractivity contribution in [1.82, 2.24) is 19.3 Å². The van der Waals surface area contributed by atoms with Gasteiger partial charge in [0.05, 0.1) is 42.1 Å². The maximum Gasteiger partial charge on any atom is 0.247 e. The molecule has 0 aliphatic carbocycles. The van der Waals surface area contributed by atoms with E-state index in [2.05, 4.69) is 32.1 Å². The van der Waals surface area contributed by atoms with Crippen molar-refractivity contribution in [3.8, 4) is 11.4 Å². The first kappa shape index (κ1) is 26.3. The molecule has 9 nitrogen and oxygen atoms in total. The van der Waals surface area contributed by atoms with Crippen molar-refractivity contribution < 1.29 is 18.3 Å². The number of methoxy groups -OCH3 is 1. The number of nitrogens with one attached hydrogen (secondary N) is 2. The molecular weight excluding hydrogens is 504 g/mol. The summed E-state index contributed by atoms with van der Waals surface area (Å²) in [5.41, 5.74) is 2.28. The topological polar surface area (TPSA) is 87.0 Å². The molecular formula is C28H29F2N7O2. The summed E-state index contributed by atoms with van der Waals surface area (Å²) in [5, 5.41) is 5.62. The molecule has 2 aromatic carbocycles. The lowest BCUT2D eigenvalue weighted by molar-refractivity contribution is -0.111. The van der Waals surface area contributed by atoms with Gasteiger partial charge in [-0.2, -0.15) is 0 Å². The lowest BCUT2D eigenvalue weighted by atomic mass is 10.2. The lowest BCUT2D eigenvalue weighted by Crippen LogP contribution is -2.47. The van der Waals surface area contributed by atoms with Gasteiger partial charge in [-0.3, -0.25) is 14.1 Å². The normalized spacial score (nSPS) is 14.0. The van der Waals surface area contributed by atoms with Gasteiger partial charge in [0.1, 0.15) is 11.6 Å². The number of imidazole rings is 1. The molecule has 0 unspecified atom stereocenters. The van der Waals surface area contributed by atoms with Crippen molar-refractivity contribution in [2.24, 2.45) is 0 Å². The van der Waals surface area contributed by atoms with Crippen LogP contribution in [0.4, 0.5) is 31.7 Å². The number of hydrogen-bond acceptors (Lipinski definition) is 7. The van der Waals surface area contributed by atoms with Gasteiger partial charge in [0.15, 0.2) is 11.6 Å². The summed E-state index contributed by atoms with van der Waals surface area (Å²) in [6.07, 6.45) is 6.11. The summed E-state index contributed by atoms with van der Waals surface area (Å²) in [5.74, 6) is -1.27. The Labute approximate surface area is 224 Å². The highest BCUT2D eigenvalue weighted by Crippen LogP contribution is 2.30. The quantitative estimate of drug-likeness (QED) is 0.310. The number of piperazine rings is 1. The molecule has 1 aliphatic rings. The van der Waals surface area contributed by atoms with E-state index >= 15 is 8.78 Å². The minimum absolute atomic E-state index is 0.0161. The first-order valence-electron chi connectivity index (χ1n) is 12.5. The number of aromatic nitrogens is 3. The van der Waals surface area contributed by atoms with Gasteiger partial charge >= 0.3 is 0 Å². The number of rotatable bonds is 9. The monoisotopic (exact) mass is 533 g/mol. The Balaban J connectivity index is 1.35. The van der Waals surface area contributed by atoms with E-state index in [9.17, 15) is 4.79 Å². The van der Waals surface area contributed by atoms with E-state index in [4.69, 9.17) is 4.74 Å². The number of ether oxygens (including phenoxy) is 1. The van der Waals surface area contributed by atoms with E-state index in [1.54, 1.807) is 54.4 Å². The number of anilines is 4. The minimum atomic E-state index is -0.965. The van der Waals surface area contributed by atoms with Gasteiger partial charge in [0.25, 0.3) is 0 Å². The molecule has 0 bridgehead atoms. The van der Waals surface area contributed by atoms with Crippen molar-refractivity contribution in [2.45, 2.75) is 0 Å². The van der Waals surface area contributed by atoms with Crippen molar-refractivity contribution in [3.63, 3.8) is 0 Å². The predicted octanol–water partition coefficient (Wildman–Crippen LogP) is 4.31. The van der Waals surface area contributed by atoms with Crippen molar-refractivity contribution >= 4 is 34.3 Å². The van der Waals surface area contributed by atoms with Crippen LogP contribution in [0.3, 0.4) is 0 Å². The maximum atomic E-state index is 15.1. The van der Waals surface area contributed by atoms with Crippen LogP contribution in [0.2, 0.25) is 0 Å². The molecule has 0 radical (unpaired) electrons. The second-order valence-corrected chi connectivity index (χ2v) is 9.13. The molecule has 0 atom stereocenters. The molecule has 1 fully saturated rings. The SMILES string of the molecule is C=CC(=O)Nc1cccc(-c2ncc3cnc(Nc4ccc(N5CCN(CCOC)CC5)c(F)c4F)cn23)c1. The van der Waals surface area contributed by atoms with Crippen LogP contribution in [-0.2, 0) is 9.53 Å². The van der Waals surface area contributed by atoms with Gasteiger partial charge < -0.3 is 20.3 Å². The largest absolute Gasteiger partial charge is 0.383 e. The average Bonchev–Trinajstić information content (AvgIpc) is 3.38. The lowest BCUT2D eigenvalue weighted by Gasteiger charge is -2.36. The minimum Gasteiger partial charge on any atom is -0.383 e. The zero-order chi connectivity index (χ0) is 27.4. The van der Waals surface area contributed by atoms with Crippen LogP contribution in [0.15, 0.2) is 67.6 Å². The van der Waals surface area contributed by atoms with E-state index in [-0.39, 0.29) is 17.3 Å². The summed E-state index contributed by atoms with van der Waals surface area (Å²) < 4.78 is 37.2. The molecule has 3 heterocycles. The Kier molecular flexibility index (Phi) is 7.80. The van der Waals surface area contributed by atoms with Crippen LogP contribution in [0.5, 0.6) is 0 Å². The smallest absolute Gasteiger partial charge is 0.247 e. The summed E-state index contributed by atoms with van der Waals surface area (Å²) in [4.78, 5) is 24.6. The van der Waals surface area contributed by atoms with Crippen molar-refractivity contribution in [3.05, 3.63) is 79.3 Å². The second-order valence-electron chi connectivity index (χ2n) is 9.13. The van der Waals surface area contributed by atoms with Gasteiger partial charge in [-0.25, -0.2) is 18.7 Å². The Hall–Kier alpha value is -4.35. The number of fused-ring (bicyclic) bond motifs is 1. The average molecular weight is 534 g/mol. The Morgan fingerprint density at radius 3 is 2.67 bits per heavy atom. The molecule has 2 aromatic heterocycles. The molecule has 202 valence electrons. The Morgan fingerprint density at radius 2 is 1.90 bits per heavy atom. The highest BCUT2D eigenvalue weighted by molar-refractivity contribution is 5.99. The molecule has 2 N–H and O–H groups in total. The van der Waals surface area contributed by atoms with E-state index in [0.29, 0.717) is 42.5 Å². The van der Waals surface area contributed by atoms with Crippen LogP contribution in [-0.4, -0.2) is 71.6 Å². The predicted molar refractivity (Wildman–Crippen MR) is 147 cm³/mol. The fraction of sp³-hybridized carbons (Fsp3) is 0.250. The molecule has 11 heteroatoms. The molecule has 1 aliphatic heterocycles. The third-order valence-corrected chi connectivity index (χ3v) is 6.64. The van der Waals surface area contributed by atoms with Gasteiger partial charge in [-0.05, 0) is 30.3 Å². The number of carbonyl (C=O) groups is 1. The summed E-state index contributed by atoms with van der Waals surface area (Å²) >= 11 is 0. The molecule has 39 heavy (non-hydrogen) atoms. The molecule has 0 spiro atoms. The fourth-order valence-corrected chi connectivity index (χ4v) is 4.55. The third-order valence-electron chi connectivity index (χ3n) is 6.64. The number of benzene rings is 2. The standard InChI is InChI=1S/C28H29F2N7O2/c1-3-25(38)33-20-6-4-5-19(15-20)28-32-17-21-16-31-24(18-37(21)28)34-22-7-8-23(27(30)26(22)29)36-11-9-35(10-12-36)13-14-39-2/h3-8,15-18,34H,1,9-14H2,2H3,(H,33,38). The van der Waals surface area contributed by atoms with Gasteiger partial charge in [-0.1, -0.05) is 18.7 Å². The number of nitrogens with zero attached hydrogens (tertiary/aromatic N) is 5. The number of carbonyl (C=O) groups excluding carboxylic acids is 1. The van der Waals surface area contributed by atoms with E-state index < -0.39 is 11.6 Å². The fourth-order valence-electron chi connectivity index (χ4n) is 4.55. The summed E-state index contributed by atoms with van der Waals surface area (Å²) in [6, 6.07) is 10.3. The van der Waals surface area contributed by atoms with Crippen LogP contribution in [0.1, 0.15) is 0 Å². The van der Waals surface area contributed by atoms with Gasteiger partial charge in [0.2, 0.25) is 5.91 Å². The first-order valence-corrected chi connectivity index (χ1v) is 12.5. The van der Waals surface area contributed by atoms with Crippen LogP contribution >= 0.6 is 0 Å². The van der Waals surface area contributed by atoms with Crippen molar-refractivity contribution in [1.29, 1.82) is 0 Å². The Morgan fingerprint density at radius 1 is 1.10 bits per heavy atom. The molecule has 0 saturated carbocycles. The number of hydrogen-bond donors (Lipinski definition) is 2. The highest BCUT2D eigenvalue weighted by atomic mass is 19.2.